The topological polar surface area (TPSA) is 26.3 Å². The van der Waals surface area contributed by atoms with Gasteiger partial charge in [-0.25, -0.2) is 0 Å². The van der Waals surface area contributed by atoms with Crippen LogP contribution in [0.5, 0.6) is 0 Å². The molecular formula is C18H24O2S2. The van der Waals surface area contributed by atoms with Gasteiger partial charge in [-0.15, -0.1) is 0 Å². The van der Waals surface area contributed by atoms with Gasteiger partial charge in [0.05, 0.1) is 6.61 Å². The monoisotopic (exact) mass is 336 g/mol. The predicted molar refractivity (Wildman–Crippen MR) is 99.3 cm³/mol. The van der Waals surface area contributed by atoms with E-state index in [2.05, 4.69) is 6.08 Å². The Morgan fingerprint density at radius 3 is 2.59 bits per heavy atom. The summed E-state index contributed by atoms with van der Waals surface area (Å²) in [6.45, 7) is 6.57. The summed E-state index contributed by atoms with van der Waals surface area (Å²) in [5, 5.41) is 0.0273. The maximum atomic E-state index is 12.2. The summed E-state index contributed by atoms with van der Waals surface area (Å²) in [5.74, 6) is 0.262. The second kappa shape index (κ2) is 10.6. The summed E-state index contributed by atoms with van der Waals surface area (Å²) in [6.07, 6.45) is 3.98. The summed E-state index contributed by atoms with van der Waals surface area (Å²) >= 11 is 6.69. The lowest BCUT2D eigenvalue weighted by Gasteiger charge is -2.16. The molecule has 0 aliphatic rings. The molecule has 0 aliphatic heterocycles. The normalized spacial score (nSPS) is 11.6. The molecule has 0 amide bonds. The van der Waals surface area contributed by atoms with Gasteiger partial charge in [-0.3, -0.25) is 4.79 Å². The number of thioether (sulfide) groups is 1. The number of Topliss-reactive ketones (excluding diaryl/α,β-unsaturated/α-hetero) is 1. The average Bonchev–Trinajstić information content (AvgIpc) is 2.47. The molecule has 0 aromatic heterocycles. The largest absolute Gasteiger partial charge is 0.479 e. The highest BCUT2D eigenvalue weighted by Crippen LogP contribution is 2.34. The van der Waals surface area contributed by atoms with Crippen LogP contribution in [0.25, 0.3) is 0 Å². The van der Waals surface area contributed by atoms with E-state index < -0.39 is 0 Å². The van der Waals surface area contributed by atoms with E-state index in [0.717, 1.165) is 12.0 Å². The van der Waals surface area contributed by atoms with Crippen molar-refractivity contribution in [2.75, 3.05) is 6.61 Å². The van der Waals surface area contributed by atoms with Gasteiger partial charge >= 0.3 is 0 Å². The van der Waals surface area contributed by atoms with Crippen molar-refractivity contribution in [2.45, 2.75) is 45.3 Å². The smallest absolute Gasteiger partial charge is 0.220 e. The third kappa shape index (κ3) is 7.76. The van der Waals surface area contributed by atoms with E-state index in [1.165, 1.54) is 17.3 Å². The van der Waals surface area contributed by atoms with Crippen LogP contribution < -0.4 is 0 Å². The maximum absolute atomic E-state index is 12.2. The van der Waals surface area contributed by atoms with Gasteiger partial charge in [0.1, 0.15) is 5.78 Å². The molecule has 22 heavy (non-hydrogen) atoms. The minimum atomic E-state index is 0.0273. The van der Waals surface area contributed by atoms with Gasteiger partial charge in [-0.2, -0.15) is 0 Å². The van der Waals surface area contributed by atoms with E-state index in [-0.39, 0.29) is 11.0 Å². The van der Waals surface area contributed by atoms with E-state index in [9.17, 15) is 4.79 Å². The maximum Gasteiger partial charge on any atom is 0.220 e. The van der Waals surface area contributed by atoms with Crippen molar-refractivity contribution in [3.63, 3.8) is 0 Å². The third-order valence-corrected chi connectivity index (χ3v) is 4.50. The molecule has 2 nitrogen and oxygen atoms in total. The number of rotatable bonds is 8. The molecule has 1 rings (SSSR count). The quantitative estimate of drug-likeness (QED) is 0.463. The Morgan fingerprint density at radius 2 is 2.00 bits per heavy atom. The third-order valence-electron chi connectivity index (χ3n) is 3.06. The van der Waals surface area contributed by atoms with Gasteiger partial charge in [0.2, 0.25) is 4.38 Å². The van der Waals surface area contributed by atoms with Gasteiger partial charge in [-0.05, 0) is 45.0 Å². The fourth-order valence-electron chi connectivity index (χ4n) is 1.99. The average molecular weight is 337 g/mol. The molecule has 0 fully saturated rings. The Morgan fingerprint density at radius 1 is 1.32 bits per heavy atom. The lowest BCUT2D eigenvalue weighted by molar-refractivity contribution is -0.119. The Bertz CT molecular complexity index is 505. The van der Waals surface area contributed by atoms with E-state index in [1.807, 2.05) is 51.1 Å². The van der Waals surface area contributed by atoms with E-state index >= 15 is 0 Å². The fourth-order valence-corrected chi connectivity index (χ4v) is 3.44. The Hall–Kier alpha value is -1.13. The molecule has 120 valence electrons. The molecule has 0 radical (unpaired) electrons. The van der Waals surface area contributed by atoms with Crippen molar-refractivity contribution < 1.29 is 9.53 Å². The Balaban J connectivity index is 2.67. The van der Waals surface area contributed by atoms with E-state index in [0.29, 0.717) is 23.8 Å². The molecule has 0 aliphatic carbocycles. The molecule has 0 N–H and O–H groups in total. The first kappa shape index (κ1) is 18.9. The summed E-state index contributed by atoms with van der Waals surface area (Å²) in [5.41, 5.74) is 2.37. The lowest BCUT2D eigenvalue weighted by Crippen LogP contribution is -2.08. The summed E-state index contributed by atoms with van der Waals surface area (Å²) < 4.78 is 5.87. The summed E-state index contributed by atoms with van der Waals surface area (Å²) in [7, 11) is 0. The fraction of sp³-hybridized carbons (Fsp3) is 0.444. The summed E-state index contributed by atoms with van der Waals surface area (Å²) in [4.78, 5) is 12.2. The Kier molecular flexibility index (Phi) is 9.09. The van der Waals surface area contributed by atoms with Crippen LogP contribution in [0.2, 0.25) is 0 Å². The highest BCUT2D eigenvalue weighted by Gasteiger charge is 2.19. The molecule has 1 aromatic rings. The number of allylic oxidation sites excluding steroid dienone is 2. The van der Waals surface area contributed by atoms with Crippen molar-refractivity contribution in [3.8, 4) is 0 Å². The summed E-state index contributed by atoms with van der Waals surface area (Å²) in [6, 6.07) is 10.0. The molecule has 0 bridgehead atoms. The molecule has 1 atom stereocenters. The van der Waals surface area contributed by atoms with Crippen molar-refractivity contribution in [1.29, 1.82) is 0 Å². The highest BCUT2D eigenvalue weighted by molar-refractivity contribution is 8.22. The van der Waals surface area contributed by atoms with Crippen LogP contribution in [0.15, 0.2) is 42.0 Å². The minimum absolute atomic E-state index is 0.0273. The zero-order valence-corrected chi connectivity index (χ0v) is 15.1. The molecule has 0 saturated heterocycles. The first-order valence-corrected chi connectivity index (χ1v) is 8.85. The molecule has 0 heterocycles. The number of carbonyl (C=O) groups excluding carboxylic acids is 1. The van der Waals surface area contributed by atoms with Crippen LogP contribution in [0.4, 0.5) is 0 Å². The molecular weight excluding hydrogens is 312 g/mol. The van der Waals surface area contributed by atoms with Crippen LogP contribution >= 0.6 is 24.0 Å². The van der Waals surface area contributed by atoms with E-state index in [4.69, 9.17) is 17.0 Å². The number of benzene rings is 1. The lowest BCUT2D eigenvalue weighted by atomic mass is 10.0. The number of carbonyl (C=O) groups is 1. The van der Waals surface area contributed by atoms with Gasteiger partial charge in [0, 0.05) is 18.1 Å². The van der Waals surface area contributed by atoms with Crippen LogP contribution in [0.3, 0.4) is 0 Å². The molecule has 0 spiro atoms. The number of hydrogen-bond donors (Lipinski definition) is 0. The first-order chi connectivity index (χ1) is 10.5. The standard InChI is InChI=1S/C18H24O2S2/c1-4-20-18(21)22-17(15-10-6-5-7-11-15)13-16(19)12-8-9-14(2)3/h5-7,9-11,17H,4,8,12-13H2,1-3H3. The number of ketones is 1. The van der Waals surface area contributed by atoms with Crippen LogP contribution in [-0.2, 0) is 9.53 Å². The molecule has 0 saturated carbocycles. The van der Waals surface area contributed by atoms with Crippen LogP contribution in [-0.4, -0.2) is 16.8 Å². The zero-order chi connectivity index (χ0) is 16.4. The number of thiocarbonyl (C=S) groups is 1. The van der Waals surface area contributed by atoms with Gasteiger partial charge in [0.25, 0.3) is 0 Å². The van der Waals surface area contributed by atoms with Crippen molar-refractivity contribution in [3.05, 3.63) is 47.5 Å². The van der Waals surface area contributed by atoms with E-state index in [1.54, 1.807) is 0 Å². The Labute approximate surface area is 143 Å². The molecule has 4 heteroatoms. The number of ether oxygens (including phenoxy) is 1. The van der Waals surface area contributed by atoms with Crippen LogP contribution in [0.1, 0.15) is 50.8 Å². The minimum Gasteiger partial charge on any atom is -0.479 e. The van der Waals surface area contributed by atoms with Crippen molar-refractivity contribution in [2.24, 2.45) is 0 Å². The highest BCUT2D eigenvalue weighted by atomic mass is 32.2. The second-order valence-corrected chi connectivity index (χ2v) is 7.07. The molecule has 1 aromatic carbocycles. The van der Waals surface area contributed by atoms with Crippen LogP contribution in [0, 0.1) is 0 Å². The second-order valence-electron chi connectivity index (χ2n) is 5.26. The predicted octanol–water partition coefficient (Wildman–Crippen LogP) is 5.49. The number of hydrogen-bond acceptors (Lipinski definition) is 4. The van der Waals surface area contributed by atoms with Gasteiger partial charge in [0.15, 0.2) is 0 Å². The van der Waals surface area contributed by atoms with Gasteiger partial charge in [-0.1, -0.05) is 53.7 Å². The molecule has 1 unspecified atom stereocenters. The van der Waals surface area contributed by atoms with Crippen molar-refractivity contribution in [1.82, 2.24) is 0 Å². The first-order valence-electron chi connectivity index (χ1n) is 7.56. The SMILES string of the molecule is CCOC(=S)SC(CC(=O)CCC=C(C)C)c1ccccc1. The van der Waals surface area contributed by atoms with Crippen molar-refractivity contribution >= 4 is 34.1 Å². The zero-order valence-electron chi connectivity index (χ0n) is 13.5. The van der Waals surface area contributed by atoms with Gasteiger partial charge < -0.3 is 4.74 Å².